The number of aromatic nitrogens is 1. The van der Waals surface area contributed by atoms with Gasteiger partial charge in [0, 0.05) is 24.3 Å². The third-order valence-corrected chi connectivity index (χ3v) is 3.27. The van der Waals surface area contributed by atoms with Gasteiger partial charge in [-0.25, -0.2) is 4.79 Å². The van der Waals surface area contributed by atoms with Gasteiger partial charge in [0.05, 0.1) is 0 Å². The van der Waals surface area contributed by atoms with Gasteiger partial charge in [-0.05, 0) is 35.9 Å². The van der Waals surface area contributed by atoms with Crippen LogP contribution in [0.2, 0.25) is 5.02 Å². The first kappa shape index (κ1) is 17.5. The van der Waals surface area contributed by atoms with Crippen molar-refractivity contribution in [3.05, 3.63) is 65.0 Å². The van der Waals surface area contributed by atoms with E-state index in [0.717, 1.165) is 5.56 Å². The van der Waals surface area contributed by atoms with Crippen LogP contribution in [-0.2, 0) is 21.4 Å². The van der Waals surface area contributed by atoms with Crippen LogP contribution in [0.3, 0.4) is 0 Å². The van der Waals surface area contributed by atoms with E-state index in [0.29, 0.717) is 10.7 Å². The number of rotatable bonds is 5. The molecule has 1 aromatic carbocycles. The van der Waals surface area contributed by atoms with Crippen LogP contribution in [-0.4, -0.2) is 29.0 Å². The van der Waals surface area contributed by atoms with Crippen molar-refractivity contribution in [1.29, 1.82) is 0 Å². The van der Waals surface area contributed by atoms with E-state index < -0.39 is 24.4 Å². The summed E-state index contributed by atoms with van der Waals surface area (Å²) in [6.45, 7) is -0.547. The summed E-state index contributed by atoms with van der Waals surface area (Å²) >= 11 is 5.83. The van der Waals surface area contributed by atoms with Gasteiger partial charge in [-0.1, -0.05) is 23.7 Å². The molecule has 0 aliphatic heterocycles. The van der Waals surface area contributed by atoms with Gasteiger partial charge in [0.15, 0.2) is 6.61 Å². The normalized spacial score (nSPS) is 10.6. The van der Waals surface area contributed by atoms with Crippen molar-refractivity contribution in [3.8, 4) is 0 Å². The van der Waals surface area contributed by atoms with Gasteiger partial charge in [0.1, 0.15) is 5.69 Å². The maximum absolute atomic E-state index is 11.8. The number of nitrogens with one attached hydrogen (secondary N) is 1. The number of carbonyl (C=O) groups is 3. The van der Waals surface area contributed by atoms with Gasteiger partial charge in [-0.2, -0.15) is 0 Å². The lowest BCUT2D eigenvalue weighted by Crippen LogP contribution is -2.34. The summed E-state index contributed by atoms with van der Waals surface area (Å²) in [6.07, 6.45) is 4.37. The van der Waals surface area contributed by atoms with E-state index in [4.69, 9.17) is 16.3 Å². The third-order valence-electron chi connectivity index (χ3n) is 3.04. The zero-order chi connectivity index (χ0) is 17.5. The summed E-state index contributed by atoms with van der Waals surface area (Å²) in [5, 5.41) is 2.69. The second kappa shape index (κ2) is 8.12. The van der Waals surface area contributed by atoms with Gasteiger partial charge in [0.25, 0.3) is 11.8 Å². The molecule has 0 saturated heterocycles. The molecular weight excluding hydrogens is 332 g/mol. The number of benzene rings is 1. The first-order valence-corrected chi connectivity index (χ1v) is 7.39. The smallest absolute Gasteiger partial charge is 0.331 e. The quantitative estimate of drug-likeness (QED) is 0.665. The summed E-state index contributed by atoms with van der Waals surface area (Å²) in [5.74, 6) is -1.96. The minimum atomic E-state index is -0.703. The number of hydrogen-bond donors (Lipinski definition) is 1. The number of imide groups is 1. The monoisotopic (exact) mass is 346 g/mol. The Morgan fingerprint density at radius 1 is 1.25 bits per heavy atom. The van der Waals surface area contributed by atoms with Crippen molar-refractivity contribution < 1.29 is 19.1 Å². The van der Waals surface area contributed by atoms with E-state index >= 15 is 0 Å². The fraction of sp³-hybridized carbons (Fsp3) is 0.118. The number of amides is 2. The summed E-state index contributed by atoms with van der Waals surface area (Å²) in [6, 6.07) is 10.2. The first-order chi connectivity index (χ1) is 11.5. The van der Waals surface area contributed by atoms with Gasteiger partial charge in [-0.3, -0.25) is 14.9 Å². The Hall–Kier alpha value is -2.86. The van der Waals surface area contributed by atoms with E-state index in [1.807, 2.05) is 0 Å². The standard InChI is InChI=1S/C17H15ClN2O4/c1-20-9-3-6-14(20)17(23)19-15(21)11-24-16(22)8-7-12-4-2-5-13(18)10-12/h2-10H,11H2,1H3,(H,19,21,23)/b8-7+. The molecule has 0 spiro atoms. The van der Waals surface area contributed by atoms with E-state index in [2.05, 4.69) is 5.32 Å². The van der Waals surface area contributed by atoms with E-state index in [1.165, 1.54) is 12.2 Å². The fourth-order valence-corrected chi connectivity index (χ4v) is 2.08. The van der Waals surface area contributed by atoms with Gasteiger partial charge in [-0.15, -0.1) is 0 Å². The van der Waals surface area contributed by atoms with Crippen LogP contribution in [0.5, 0.6) is 0 Å². The molecular formula is C17H15ClN2O4. The second-order valence-electron chi connectivity index (χ2n) is 4.88. The minimum Gasteiger partial charge on any atom is -0.452 e. The predicted octanol–water partition coefficient (Wildman–Crippen LogP) is 2.19. The van der Waals surface area contributed by atoms with Crippen molar-refractivity contribution >= 4 is 35.5 Å². The first-order valence-electron chi connectivity index (χ1n) is 7.01. The highest BCUT2D eigenvalue weighted by molar-refractivity contribution is 6.30. The van der Waals surface area contributed by atoms with Gasteiger partial charge >= 0.3 is 5.97 Å². The third kappa shape index (κ3) is 5.10. The van der Waals surface area contributed by atoms with Crippen molar-refractivity contribution in [2.24, 2.45) is 7.05 Å². The zero-order valence-corrected chi connectivity index (χ0v) is 13.6. The summed E-state index contributed by atoms with van der Waals surface area (Å²) < 4.78 is 6.35. The Kier molecular flexibility index (Phi) is 5.92. The molecule has 1 N–H and O–H groups in total. The van der Waals surface area contributed by atoms with Crippen LogP contribution in [0, 0.1) is 0 Å². The van der Waals surface area contributed by atoms with Crippen LogP contribution in [0.4, 0.5) is 0 Å². The molecule has 0 bridgehead atoms. The maximum Gasteiger partial charge on any atom is 0.331 e. The Morgan fingerprint density at radius 2 is 2.04 bits per heavy atom. The van der Waals surface area contributed by atoms with Gasteiger partial charge in [0.2, 0.25) is 0 Å². The molecule has 0 fully saturated rings. The van der Waals surface area contributed by atoms with Crippen LogP contribution in [0.15, 0.2) is 48.7 Å². The molecule has 1 heterocycles. The fourth-order valence-electron chi connectivity index (χ4n) is 1.88. The Morgan fingerprint density at radius 3 is 2.71 bits per heavy atom. The molecule has 0 aliphatic carbocycles. The lowest BCUT2D eigenvalue weighted by Gasteiger charge is -2.05. The minimum absolute atomic E-state index is 0.329. The zero-order valence-electron chi connectivity index (χ0n) is 12.9. The molecule has 1 aromatic heterocycles. The molecule has 2 amide bonds. The molecule has 0 aliphatic rings. The number of ether oxygens (including phenoxy) is 1. The molecule has 0 saturated carbocycles. The second-order valence-corrected chi connectivity index (χ2v) is 5.31. The molecule has 6 nitrogen and oxygen atoms in total. The number of carbonyl (C=O) groups excluding carboxylic acids is 3. The number of halogens is 1. The Labute approximate surface area is 143 Å². The molecule has 124 valence electrons. The molecule has 2 aromatic rings. The van der Waals surface area contributed by atoms with Crippen LogP contribution >= 0.6 is 11.6 Å². The largest absolute Gasteiger partial charge is 0.452 e. The van der Waals surface area contributed by atoms with Crippen molar-refractivity contribution in [1.82, 2.24) is 9.88 Å². The maximum atomic E-state index is 11.8. The SMILES string of the molecule is Cn1cccc1C(=O)NC(=O)COC(=O)/C=C/c1cccc(Cl)c1. The van der Waals surface area contributed by atoms with Crippen LogP contribution in [0.1, 0.15) is 16.1 Å². The molecule has 2 rings (SSSR count). The number of nitrogens with zero attached hydrogens (tertiary/aromatic N) is 1. The summed E-state index contributed by atoms with van der Waals surface area (Å²) in [5.41, 5.74) is 1.05. The topological polar surface area (TPSA) is 77.4 Å². The van der Waals surface area contributed by atoms with E-state index in [9.17, 15) is 14.4 Å². The summed E-state index contributed by atoms with van der Waals surface area (Å²) in [4.78, 5) is 35.0. The lowest BCUT2D eigenvalue weighted by molar-refractivity contribution is -0.143. The van der Waals surface area contributed by atoms with Crippen molar-refractivity contribution in [2.45, 2.75) is 0 Å². The van der Waals surface area contributed by atoms with Gasteiger partial charge < -0.3 is 9.30 Å². The van der Waals surface area contributed by atoms with Crippen LogP contribution in [0.25, 0.3) is 6.08 Å². The number of aryl methyl sites for hydroxylation is 1. The highest BCUT2D eigenvalue weighted by atomic mass is 35.5. The van der Waals surface area contributed by atoms with Crippen molar-refractivity contribution in [3.63, 3.8) is 0 Å². The molecule has 0 atom stereocenters. The van der Waals surface area contributed by atoms with E-state index in [-0.39, 0.29) is 0 Å². The Bertz CT molecular complexity index is 795. The number of hydrogen-bond acceptors (Lipinski definition) is 4. The average molecular weight is 347 g/mol. The van der Waals surface area contributed by atoms with Crippen molar-refractivity contribution in [2.75, 3.05) is 6.61 Å². The predicted molar refractivity (Wildman–Crippen MR) is 89.3 cm³/mol. The number of esters is 1. The Balaban J connectivity index is 1.80. The molecule has 7 heteroatoms. The average Bonchev–Trinajstić information content (AvgIpc) is 2.97. The summed E-state index contributed by atoms with van der Waals surface area (Å²) in [7, 11) is 1.68. The molecule has 0 unspecified atom stereocenters. The highest BCUT2D eigenvalue weighted by Crippen LogP contribution is 2.11. The highest BCUT2D eigenvalue weighted by Gasteiger charge is 2.13. The molecule has 24 heavy (non-hydrogen) atoms. The molecule has 0 radical (unpaired) electrons. The lowest BCUT2D eigenvalue weighted by atomic mass is 10.2. The van der Waals surface area contributed by atoms with Crippen LogP contribution < -0.4 is 5.32 Å². The van der Waals surface area contributed by atoms with E-state index in [1.54, 1.807) is 54.2 Å².